The van der Waals surface area contributed by atoms with E-state index >= 15 is 0 Å². The Labute approximate surface area is 120 Å². The largest absolute Gasteiger partial charge is 0.355 e. The molecule has 4 heteroatoms. The number of thioether (sulfide) groups is 1. The molecule has 0 radical (unpaired) electrons. The molecular weight excluding hydrogens is 254 g/mol. The second kappa shape index (κ2) is 6.85. The van der Waals surface area contributed by atoms with Crippen LogP contribution in [-0.4, -0.2) is 42.5 Å². The van der Waals surface area contributed by atoms with Crippen LogP contribution < -0.4 is 5.32 Å². The van der Waals surface area contributed by atoms with Crippen molar-refractivity contribution in [2.45, 2.75) is 25.1 Å². The molecule has 0 saturated heterocycles. The predicted octanol–water partition coefficient (Wildman–Crippen LogP) is 2.37. The van der Waals surface area contributed by atoms with E-state index in [0.29, 0.717) is 5.25 Å². The lowest BCUT2D eigenvalue weighted by Crippen LogP contribution is -2.45. The van der Waals surface area contributed by atoms with Crippen molar-refractivity contribution in [2.75, 3.05) is 26.4 Å². The first-order valence-corrected chi connectivity index (χ1v) is 8.08. The van der Waals surface area contributed by atoms with E-state index in [9.17, 15) is 0 Å². The van der Waals surface area contributed by atoms with E-state index in [-0.39, 0.29) is 0 Å². The van der Waals surface area contributed by atoms with Crippen molar-refractivity contribution in [2.24, 2.45) is 4.99 Å². The van der Waals surface area contributed by atoms with E-state index in [4.69, 9.17) is 0 Å². The summed E-state index contributed by atoms with van der Waals surface area (Å²) in [6.45, 7) is 5.20. The molecule has 19 heavy (non-hydrogen) atoms. The summed E-state index contributed by atoms with van der Waals surface area (Å²) >= 11 is 1.88. The van der Waals surface area contributed by atoms with Crippen LogP contribution in [0.5, 0.6) is 0 Å². The fourth-order valence-corrected chi connectivity index (χ4v) is 2.58. The van der Waals surface area contributed by atoms with Gasteiger partial charge in [0.05, 0.1) is 0 Å². The maximum atomic E-state index is 4.41. The summed E-state index contributed by atoms with van der Waals surface area (Å²) in [5.41, 5.74) is 2.90. The molecule has 0 fully saturated rings. The van der Waals surface area contributed by atoms with Gasteiger partial charge in [0.1, 0.15) is 0 Å². The number of nitrogens with one attached hydrogen (secondary N) is 1. The predicted molar refractivity (Wildman–Crippen MR) is 84.9 cm³/mol. The van der Waals surface area contributed by atoms with E-state index < -0.39 is 0 Å². The summed E-state index contributed by atoms with van der Waals surface area (Å²) in [5.74, 6) is 1.02. The van der Waals surface area contributed by atoms with E-state index in [0.717, 1.165) is 32.0 Å². The van der Waals surface area contributed by atoms with Gasteiger partial charge in [-0.15, -0.1) is 0 Å². The SMILES string of the molecule is CN=C(NCC(C)SC)N1CCc2ccccc2C1. The highest BCUT2D eigenvalue weighted by molar-refractivity contribution is 7.99. The normalized spacial score (nSPS) is 17.0. The smallest absolute Gasteiger partial charge is 0.193 e. The van der Waals surface area contributed by atoms with Gasteiger partial charge in [-0.3, -0.25) is 4.99 Å². The molecule has 0 amide bonds. The molecule has 104 valence electrons. The first-order valence-electron chi connectivity index (χ1n) is 6.79. The first kappa shape index (κ1) is 14.3. The number of nitrogens with zero attached hydrogens (tertiary/aromatic N) is 2. The second-order valence-corrected chi connectivity index (χ2v) is 6.19. The molecule has 0 aliphatic carbocycles. The highest BCUT2D eigenvalue weighted by Gasteiger charge is 2.18. The lowest BCUT2D eigenvalue weighted by atomic mass is 10.0. The summed E-state index contributed by atoms with van der Waals surface area (Å²) < 4.78 is 0. The van der Waals surface area contributed by atoms with Crippen LogP contribution in [0.2, 0.25) is 0 Å². The summed E-state index contributed by atoms with van der Waals surface area (Å²) in [6.07, 6.45) is 3.25. The van der Waals surface area contributed by atoms with Gasteiger partial charge in [0.15, 0.2) is 5.96 Å². The van der Waals surface area contributed by atoms with Crippen LogP contribution in [0.25, 0.3) is 0 Å². The second-order valence-electron chi connectivity index (χ2n) is 4.91. The van der Waals surface area contributed by atoms with E-state index in [1.807, 2.05) is 18.8 Å². The van der Waals surface area contributed by atoms with Gasteiger partial charge in [-0.05, 0) is 23.8 Å². The number of hydrogen-bond donors (Lipinski definition) is 1. The molecule has 1 aromatic carbocycles. The van der Waals surface area contributed by atoms with Gasteiger partial charge in [-0.2, -0.15) is 11.8 Å². The van der Waals surface area contributed by atoms with Crippen LogP contribution >= 0.6 is 11.8 Å². The van der Waals surface area contributed by atoms with Gasteiger partial charge in [-0.25, -0.2) is 0 Å². The van der Waals surface area contributed by atoms with Gasteiger partial charge in [-0.1, -0.05) is 31.2 Å². The molecule has 1 aliphatic rings. The zero-order chi connectivity index (χ0) is 13.7. The molecule has 3 nitrogen and oxygen atoms in total. The molecule has 1 N–H and O–H groups in total. The Morgan fingerprint density at radius 2 is 2.16 bits per heavy atom. The highest BCUT2D eigenvalue weighted by Crippen LogP contribution is 2.18. The third kappa shape index (κ3) is 3.66. The van der Waals surface area contributed by atoms with Gasteiger partial charge < -0.3 is 10.2 Å². The van der Waals surface area contributed by atoms with Gasteiger partial charge >= 0.3 is 0 Å². The number of aliphatic imine (C=N–C) groups is 1. The van der Waals surface area contributed by atoms with Crippen molar-refractivity contribution in [3.8, 4) is 0 Å². The molecule has 2 rings (SSSR count). The molecule has 1 atom stereocenters. The zero-order valence-electron chi connectivity index (χ0n) is 12.0. The minimum atomic E-state index is 0.605. The van der Waals surface area contributed by atoms with Crippen molar-refractivity contribution < 1.29 is 0 Å². The third-order valence-corrected chi connectivity index (χ3v) is 4.56. The summed E-state index contributed by atoms with van der Waals surface area (Å²) in [4.78, 5) is 6.76. The Morgan fingerprint density at radius 1 is 1.42 bits per heavy atom. The maximum Gasteiger partial charge on any atom is 0.193 e. The number of fused-ring (bicyclic) bond motifs is 1. The van der Waals surface area contributed by atoms with Gasteiger partial charge in [0.25, 0.3) is 0 Å². The lowest BCUT2D eigenvalue weighted by molar-refractivity contribution is 0.379. The summed E-state index contributed by atoms with van der Waals surface area (Å²) in [6, 6.07) is 8.70. The Bertz CT molecular complexity index is 445. The molecule has 1 unspecified atom stereocenters. The van der Waals surface area contributed by atoms with Crippen LogP contribution in [0.3, 0.4) is 0 Å². The van der Waals surface area contributed by atoms with Crippen molar-refractivity contribution in [3.63, 3.8) is 0 Å². The monoisotopic (exact) mass is 277 g/mol. The number of guanidine groups is 1. The topological polar surface area (TPSA) is 27.6 Å². The maximum absolute atomic E-state index is 4.41. The molecular formula is C15H23N3S. The lowest BCUT2D eigenvalue weighted by Gasteiger charge is -2.32. The van der Waals surface area contributed by atoms with E-state index in [1.54, 1.807) is 0 Å². The Balaban J connectivity index is 1.98. The Hall–Kier alpha value is -1.16. The molecule has 0 bridgehead atoms. The molecule has 0 saturated carbocycles. The van der Waals surface area contributed by atoms with Crippen molar-refractivity contribution in [1.82, 2.24) is 10.2 Å². The Morgan fingerprint density at radius 3 is 2.84 bits per heavy atom. The quantitative estimate of drug-likeness (QED) is 0.679. The van der Waals surface area contributed by atoms with Crippen LogP contribution in [0, 0.1) is 0 Å². The summed E-state index contributed by atoms with van der Waals surface area (Å²) in [5, 5.41) is 4.08. The average molecular weight is 277 g/mol. The van der Waals surface area contributed by atoms with E-state index in [1.165, 1.54) is 11.1 Å². The summed E-state index contributed by atoms with van der Waals surface area (Å²) in [7, 11) is 1.87. The number of benzene rings is 1. The van der Waals surface area contributed by atoms with Gasteiger partial charge in [0.2, 0.25) is 0 Å². The highest BCUT2D eigenvalue weighted by atomic mass is 32.2. The zero-order valence-corrected chi connectivity index (χ0v) is 12.8. The van der Waals surface area contributed by atoms with E-state index in [2.05, 4.69) is 52.7 Å². The van der Waals surface area contributed by atoms with Crippen LogP contribution in [-0.2, 0) is 13.0 Å². The third-order valence-electron chi connectivity index (χ3n) is 3.59. The standard InChI is InChI=1S/C15H23N3S/c1-12(19-3)10-17-15(16-2)18-9-8-13-6-4-5-7-14(13)11-18/h4-7,12H,8-11H2,1-3H3,(H,16,17). The van der Waals surface area contributed by atoms with Crippen LogP contribution in [0.1, 0.15) is 18.1 Å². The Kier molecular flexibility index (Phi) is 5.14. The first-order chi connectivity index (χ1) is 9.24. The minimum absolute atomic E-state index is 0.605. The average Bonchev–Trinajstić information content (AvgIpc) is 2.47. The van der Waals surface area contributed by atoms with Gasteiger partial charge in [0, 0.05) is 31.9 Å². The number of rotatable bonds is 3. The van der Waals surface area contributed by atoms with Crippen molar-refractivity contribution in [1.29, 1.82) is 0 Å². The molecule has 1 heterocycles. The fourth-order valence-electron chi connectivity index (χ4n) is 2.33. The van der Waals surface area contributed by atoms with Crippen LogP contribution in [0.4, 0.5) is 0 Å². The molecule has 1 aromatic rings. The van der Waals surface area contributed by atoms with Crippen molar-refractivity contribution in [3.05, 3.63) is 35.4 Å². The van der Waals surface area contributed by atoms with Crippen LogP contribution in [0.15, 0.2) is 29.3 Å². The number of hydrogen-bond acceptors (Lipinski definition) is 2. The molecule has 1 aliphatic heterocycles. The fraction of sp³-hybridized carbons (Fsp3) is 0.533. The minimum Gasteiger partial charge on any atom is -0.355 e. The molecule has 0 spiro atoms. The van der Waals surface area contributed by atoms with Crippen molar-refractivity contribution >= 4 is 17.7 Å². The molecule has 0 aromatic heterocycles.